The lowest BCUT2D eigenvalue weighted by atomic mass is 9.93. The summed E-state index contributed by atoms with van der Waals surface area (Å²) in [7, 11) is 0. The van der Waals surface area contributed by atoms with Crippen LogP contribution < -0.4 is 5.32 Å². The smallest absolute Gasteiger partial charge is 0.254 e. The number of rotatable bonds is 6. The number of carbonyl (C=O) groups is 1. The van der Waals surface area contributed by atoms with E-state index in [1.165, 1.54) is 0 Å². The predicted molar refractivity (Wildman–Crippen MR) is 84.2 cm³/mol. The predicted octanol–water partition coefficient (Wildman–Crippen LogP) is 3.25. The van der Waals surface area contributed by atoms with Gasteiger partial charge in [-0.1, -0.05) is 30.3 Å². The summed E-state index contributed by atoms with van der Waals surface area (Å²) in [6, 6.07) is 12.3. The highest BCUT2D eigenvalue weighted by Gasteiger charge is 2.17. The van der Waals surface area contributed by atoms with Gasteiger partial charge in [-0.25, -0.2) is 8.78 Å². The second-order valence-corrected chi connectivity index (χ2v) is 5.53. The van der Waals surface area contributed by atoms with E-state index >= 15 is 0 Å². The van der Waals surface area contributed by atoms with Crippen molar-refractivity contribution < 1.29 is 18.7 Å². The van der Waals surface area contributed by atoms with Crippen LogP contribution in [0.25, 0.3) is 0 Å². The number of halogens is 2. The Bertz CT molecular complexity index is 659. The molecule has 0 aliphatic carbocycles. The number of aliphatic hydroxyl groups is 1. The number of carbonyl (C=O) groups excluding carboxylic acids is 1. The van der Waals surface area contributed by atoms with Gasteiger partial charge in [0.25, 0.3) is 5.91 Å². The maximum Gasteiger partial charge on any atom is 0.254 e. The summed E-state index contributed by atoms with van der Waals surface area (Å²) in [5.41, 5.74) is 0.781. The van der Waals surface area contributed by atoms with E-state index in [-0.39, 0.29) is 18.0 Å². The molecule has 0 bridgehead atoms. The fourth-order valence-corrected chi connectivity index (χ4v) is 2.46. The van der Waals surface area contributed by atoms with Crippen molar-refractivity contribution >= 4 is 5.91 Å². The van der Waals surface area contributed by atoms with Crippen LogP contribution in [0.3, 0.4) is 0 Å². The number of hydrogen-bond donors (Lipinski definition) is 2. The molecule has 2 aromatic rings. The topological polar surface area (TPSA) is 49.3 Å². The number of hydrogen-bond acceptors (Lipinski definition) is 2. The first-order valence-corrected chi connectivity index (χ1v) is 7.43. The summed E-state index contributed by atoms with van der Waals surface area (Å²) in [5, 5.41) is 12.3. The quantitative estimate of drug-likeness (QED) is 0.859. The van der Waals surface area contributed by atoms with E-state index in [2.05, 4.69) is 5.32 Å². The van der Waals surface area contributed by atoms with Crippen molar-refractivity contribution in [3.8, 4) is 0 Å². The van der Waals surface area contributed by atoms with E-state index in [0.717, 1.165) is 17.7 Å². The Hall–Kier alpha value is -2.27. The van der Waals surface area contributed by atoms with E-state index in [4.69, 9.17) is 0 Å². The second-order valence-electron chi connectivity index (χ2n) is 5.53. The minimum Gasteiger partial charge on any atom is -0.393 e. The van der Waals surface area contributed by atoms with Crippen LogP contribution in [-0.2, 0) is 0 Å². The minimum absolute atomic E-state index is 0.0938. The molecule has 5 heteroatoms. The first kappa shape index (κ1) is 17.1. The van der Waals surface area contributed by atoms with Crippen LogP contribution >= 0.6 is 0 Å². The average Bonchev–Trinajstić information content (AvgIpc) is 2.51. The molecular formula is C18H19F2NO2. The normalized spacial score (nSPS) is 13.4. The first-order valence-electron chi connectivity index (χ1n) is 7.43. The summed E-state index contributed by atoms with van der Waals surface area (Å²) >= 11 is 0. The number of benzene rings is 2. The van der Waals surface area contributed by atoms with Crippen molar-refractivity contribution in [2.75, 3.05) is 6.54 Å². The number of nitrogens with one attached hydrogen (secondary N) is 1. The van der Waals surface area contributed by atoms with E-state index in [0.29, 0.717) is 12.5 Å². The van der Waals surface area contributed by atoms with E-state index in [1.54, 1.807) is 6.92 Å². The van der Waals surface area contributed by atoms with Crippen LogP contribution in [0.15, 0.2) is 48.5 Å². The maximum absolute atomic E-state index is 13.6. The van der Waals surface area contributed by atoms with E-state index in [1.807, 2.05) is 30.3 Å². The molecule has 1 amide bonds. The standard InChI is InChI=1S/C18H19F2NO2/c1-12(22)9-14(13-5-3-2-4-6-13)11-21-18(23)16-8-7-15(19)10-17(16)20/h2-8,10,12,14,22H,9,11H2,1H3,(H,21,23). The Kier molecular flexibility index (Phi) is 5.82. The summed E-state index contributed by atoms with van der Waals surface area (Å²) in [5.74, 6) is -2.32. The largest absolute Gasteiger partial charge is 0.393 e. The molecule has 2 unspecified atom stereocenters. The fraction of sp³-hybridized carbons (Fsp3) is 0.278. The van der Waals surface area contributed by atoms with Gasteiger partial charge in [-0.05, 0) is 31.0 Å². The lowest BCUT2D eigenvalue weighted by molar-refractivity contribution is 0.0941. The van der Waals surface area contributed by atoms with Gasteiger partial charge >= 0.3 is 0 Å². The second kappa shape index (κ2) is 7.83. The molecule has 23 heavy (non-hydrogen) atoms. The Morgan fingerprint density at radius 2 is 1.87 bits per heavy atom. The Balaban J connectivity index is 2.07. The van der Waals surface area contributed by atoms with Crippen LogP contribution in [0.1, 0.15) is 35.2 Å². The van der Waals surface area contributed by atoms with Gasteiger partial charge in [0.1, 0.15) is 11.6 Å². The van der Waals surface area contributed by atoms with Gasteiger partial charge in [-0.3, -0.25) is 4.79 Å². The molecule has 0 radical (unpaired) electrons. The van der Waals surface area contributed by atoms with Crippen LogP contribution in [0.5, 0.6) is 0 Å². The molecule has 3 nitrogen and oxygen atoms in total. The van der Waals surface area contributed by atoms with Crippen molar-refractivity contribution in [3.05, 3.63) is 71.3 Å². The van der Waals surface area contributed by atoms with E-state index < -0.39 is 23.6 Å². The molecule has 0 aromatic heterocycles. The average molecular weight is 319 g/mol. The molecule has 122 valence electrons. The molecule has 2 rings (SSSR count). The monoisotopic (exact) mass is 319 g/mol. The van der Waals surface area contributed by atoms with Gasteiger partial charge in [-0.15, -0.1) is 0 Å². The fourth-order valence-electron chi connectivity index (χ4n) is 2.46. The van der Waals surface area contributed by atoms with Crippen molar-refractivity contribution in [1.82, 2.24) is 5.32 Å². The van der Waals surface area contributed by atoms with Gasteiger partial charge < -0.3 is 10.4 Å². The van der Waals surface area contributed by atoms with Gasteiger partial charge in [0.2, 0.25) is 0 Å². The summed E-state index contributed by atoms with van der Waals surface area (Å²) in [6.07, 6.45) is -0.0596. The lowest BCUT2D eigenvalue weighted by Gasteiger charge is -2.19. The van der Waals surface area contributed by atoms with Crippen LogP contribution in [0, 0.1) is 11.6 Å². The molecule has 0 aliphatic rings. The molecular weight excluding hydrogens is 300 g/mol. The Morgan fingerprint density at radius 3 is 2.48 bits per heavy atom. The third-order valence-corrected chi connectivity index (χ3v) is 3.58. The molecule has 2 N–H and O–H groups in total. The van der Waals surface area contributed by atoms with Gasteiger partial charge in [-0.2, -0.15) is 0 Å². The van der Waals surface area contributed by atoms with Crippen molar-refractivity contribution in [1.29, 1.82) is 0 Å². The maximum atomic E-state index is 13.6. The van der Waals surface area contributed by atoms with Crippen molar-refractivity contribution in [2.24, 2.45) is 0 Å². The minimum atomic E-state index is -0.894. The zero-order valence-corrected chi connectivity index (χ0v) is 12.8. The third kappa shape index (κ3) is 4.86. The van der Waals surface area contributed by atoms with Crippen LogP contribution in [0.2, 0.25) is 0 Å². The molecule has 0 saturated carbocycles. The van der Waals surface area contributed by atoms with Crippen LogP contribution in [0.4, 0.5) is 8.78 Å². The van der Waals surface area contributed by atoms with E-state index in [9.17, 15) is 18.7 Å². The molecule has 0 aliphatic heterocycles. The van der Waals surface area contributed by atoms with Crippen molar-refractivity contribution in [3.63, 3.8) is 0 Å². The third-order valence-electron chi connectivity index (χ3n) is 3.58. The summed E-state index contributed by atoms with van der Waals surface area (Å²) in [6.45, 7) is 1.93. The van der Waals surface area contributed by atoms with Gasteiger partial charge in [0, 0.05) is 18.5 Å². The zero-order valence-electron chi connectivity index (χ0n) is 12.8. The summed E-state index contributed by atoms with van der Waals surface area (Å²) < 4.78 is 26.5. The van der Waals surface area contributed by atoms with Gasteiger partial charge in [0.15, 0.2) is 0 Å². The highest BCUT2D eigenvalue weighted by atomic mass is 19.1. The van der Waals surface area contributed by atoms with Gasteiger partial charge in [0.05, 0.1) is 11.7 Å². The number of aliphatic hydroxyl groups excluding tert-OH is 1. The molecule has 2 aromatic carbocycles. The summed E-state index contributed by atoms with van der Waals surface area (Å²) in [4.78, 5) is 12.1. The molecule has 0 saturated heterocycles. The molecule has 0 spiro atoms. The Morgan fingerprint density at radius 1 is 1.17 bits per heavy atom. The lowest BCUT2D eigenvalue weighted by Crippen LogP contribution is -2.30. The van der Waals surface area contributed by atoms with Crippen LogP contribution in [-0.4, -0.2) is 23.7 Å². The Labute approximate surface area is 134 Å². The highest BCUT2D eigenvalue weighted by Crippen LogP contribution is 2.21. The zero-order chi connectivity index (χ0) is 16.8. The highest BCUT2D eigenvalue weighted by molar-refractivity contribution is 5.94. The molecule has 0 fully saturated rings. The molecule has 0 heterocycles. The molecule has 2 atom stereocenters. The SMILES string of the molecule is CC(O)CC(CNC(=O)c1ccc(F)cc1F)c1ccccc1. The first-order chi connectivity index (χ1) is 11.0. The van der Waals surface area contributed by atoms with Crippen molar-refractivity contribution in [2.45, 2.75) is 25.4 Å². The number of amides is 1.